The Balaban J connectivity index is 1.61. The fraction of sp³-hybridized carbons (Fsp3) is 0.105. The molecule has 1 amide bonds. The minimum absolute atomic E-state index is 0.261. The van der Waals surface area contributed by atoms with E-state index in [9.17, 15) is 22.4 Å². The van der Waals surface area contributed by atoms with Gasteiger partial charge in [-0.15, -0.1) is 5.10 Å². The lowest BCUT2D eigenvalue weighted by Crippen LogP contribution is -2.23. The van der Waals surface area contributed by atoms with E-state index in [4.69, 9.17) is 0 Å². The maximum atomic E-state index is 13.7. The molecule has 0 spiro atoms. The van der Waals surface area contributed by atoms with Crippen LogP contribution in [0.25, 0.3) is 12.2 Å². The zero-order valence-corrected chi connectivity index (χ0v) is 15.7. The van der Waals surface area contributed by atoms with Gasteiger partial charge in [0, 0.05) is 0 Å². The van der Waals surface area contributed by atoms with Crippen LogP contribution in [0.15, 0.2) is 41.6 Å². The lowest BCUT2D eigenvalue weighted by Gasteiger charge is -2.11. The van der Waals surface area contributed by atoms with Crippen LogP contribution in [0.2, 0.25) is 0 Å². The highest BCUT2D eigenvalue weighted by Crippen LogP contribution is 2.23. The van der Waals surface area contributed by atoms with Gasteiger partial charge in [0.25, 0.3) is 0 Å². The molecule has 2 N–H and O–H groups in total. The average Bonchev–Trinajstić information content (AvgIpc) is 3.15. The van der Waals surface area contributed by atoms with Gasteiger partial charge in [0.15, 0.2) is 17.5 Å². The number of carbonyl (C=O) groups excluding carboxylic acids is 1. The van der Waals surface area contributed by atoms with Gasteiger partial charge in [0.1, 0.15) is 11.6 Å². The zero-order valence-electron chi connectivity index (χ0n) is 14.9. The van der Waals surface area contributed by atoms with Crippen molar-refractivity contribution in [3.05, 3.63) is 71.1 Å². The molecule has 0 aliphatic carbocycles. The van der Waals surface area contributed by atoms with E-state index in [1.165, 1.54) is 19.1 Å². The normalized spacial score (nSPS) is 12.3. The van der Waals surface area contributed by atoms with Crippen LogP contribution in [0.1, 0.15) is 18.3 Å². The van der Waals surface area contributed by atoms with Crippen LogP contribution in [-0.2, 0) is 4.79 Å². The van der Waals surface area contributed by atoms with E-state index in [0.29, 0.717) is 5.82 Å². The minimum atomic E-state index is -1.66. The molecule has 1 aromatic heterocycles. The Morgan fingerprint density at radius 3 is 2.52 bits per heavy atom. The zero-order chi connectivity index (χ0) is 21.0. The van der Waals surface area contributed by atoms with Crippen molar-refractivity contribution in [2.24, 2.45) is 0 Å². The first-order valence-electron chi connectivity index (χ1n) is 8.30. The second kappa shape index (κ2) is 8.91. The number of anilines is 1. The highest BCUT2D eigenvalue weighted by Gasteiger charge is 2.20. The van der Waals surface area contributed by atoms with Gasteiger partial charge < -0.3 is 5.32 Å². The number of nitrogens with zero attached hydrogens (tertiary/aromatic N) is 2. The van der Waals surface area contributed by atoms with E-state index in [1.807, 2.05) is 0 Å². The Kier molecular flexibility index (Phi) is 6.32. The second-order valence-corrected chi connectivity index (χ2v) is 7.17. The molecule has 1 heterocycles. The fourth-order valence-corrected chi connectivity index (χ4v) is 2.93. The molecule has 1 atom stereocenters. The number of nitrogens with one attached hydrogen (secondary N) is 2. The number of aromatic nitrogens is 3. The number of hydrogen-bond acceptors (Lipinski definition) is 4. The third-order valence-corrected chi connectivity index (χ3v) is 4.69. The molecular weight excluding hydrogens is 408 g/mol. The topological polar surface area (TPSA) is 70.7 Å². The average molecular weight is 422 g/mol. The van der Waals surface area contributed by atoms with Gasteiger partial charge in [-0.3, -0.25) is 9.89 Å². The van der Waals surface area contributed by atoms with Gasteiger partial charge in [0.2, 0.25) is 11.1 Å². The summed E-state index contributed by atoms with van der Waals surface area (Å²) in [6.07, 6.45) is 3.34. The molecule has 0 radical (unpaired) electrons. The van der Waals surface area contributed by atoms with Gasteiger partial charge >= 0.3 is 0 Å². The lowest BCUT2D eigenvalue weighted by molar-refractivity contribution is -0.115. The molecule has 5 nitrogen and oxygen atoms in total. The Hall–Kier alpha value is -3.14. The predicted molar refractivity (Wildman–Crippen MR) is 102 cm³/mol. The number of rotatable bonds is 6. The van der Waals surface area contributed by atoms with Gasteiger partial charge in [-0.25, -0.2) is 22.5 Å². The lowest BCUT2D eigenvalue weighted by atomic mass is 10.2. The monoisotopic (exact) mass is 422 g/mol. The van der Waals surface area contributed by atoms with Crippen molar-refractivity contribution in [1.82, 2.24) is 15.2 Å². The number of H-pyrrole nitrogens is 1. The van der Waals surface area contributed by atoms with Crippen LogP contribution in [0.5, 0.6) is 0 Å². The summed E-state index contributed by atoms with van der Waals surface area (Å²) in [5.41, 5.74) is 0.303. The number of benzene rings is 2. The smallest absolute Gasteiger partial charge is 0.237 e. The van der Waals surface area contributed by atoms with E-state index in [1.54, 1.807) is 24.3 Å². The molecule has 3 rings (SSSR count). The Morgan fingerprint density at radius 1 is 1.07 bits per heavy atom. The number of aromatic amines is 1. The maximum Gasteiger partial charge on any atom is 0.237 e. The summed E-state index contributed by atoms with van der Waals surface area (Å²) in [7, 11) is 0. The largest absolute Gasteiger partial charge is 0.323 e. The molecule has 0 unspecified atom stereocenters. The van der Waals surface area contributed by atoms with E-state index >= 15 is 0 Å². The number of carbonyl (C=O) groups is 1. The number of amides is 1. The van der Waals surface area contributed by atoms with Crippen molar-refractivity contribution in [3.63, 3.8) is 0 Å². The number of hydrogen-bond donors (Lipinski definition) is 2. The molecule has 3 aromatic rings. The van der Waals surface area contributed by atoms with Crippen LogP contribution in [0.3, 0.4) is 0 Å². The molecule has 29 heavy (non-hydrogen) atoms. The standard InChI is InChI=1S/C19H14F4N4OS/c1-10(18(28)24-14-8-7-13(21)16(22)17(14)23)29-19-25-15(26-27-19)9-4-11-2-5-12(20)6-3-11/h2-10H,1H3,(H,24,28)(H,25,26,27)/b9-4+/t10-/m1/s1. The molecule has 0 aliphatic rings. The van der Waals surface area contributed by atoms with Crippen molar-refractivity contribution in [2.75, 3.05) is 5.32 Å². The number of halogens is 4. The molecule has 150 valence electrons. The van der Waals surface area contributed by atoms with Gasteiger partial charge in [-0.2, -0.15) is 0 Å². The first-order valence-corrected chi connectivity index (χ1v) is 9.18. The second-order valence-electron chi connectivity index (χ2n) is 5.86. The maximum absolute atomic E-state index is 13.7. The summed E-state index contributed by atoms with van der Waals surface area (Å²) in [4.78, 5) is 16.4. The van der Waals surface area contributed by atoms with Crippen LogP contribution in [-0.4, -0.2) is 26.3 Å². The van der Waals surface area contributed by atoms with Crippen molar-refractivity contribution in [2.45, 2.75) is 17.3 Å². The Bertz CT molecular complexity index is 1050. The van der Waals surface area contributed by atoms with Gasteiger partial charge in [-0.05, 0) is 42.8 Å². The van der Waals surface area contributed by atoms with Crippen molar-refractivity contribution in [1.29, 1.82) is 0 Å². The first kappa shape index (κ1) is 20.6. The van der Waals surface area contributed by atoms with E-state index < -0.39 is 34.3 Å². The molecule has 0 fully saturated rings. The van der Waals surface area contributed by atoms with Crippen LogP contribution >= 0.6 is 11.8 Å². The summed E-state index contributed by atoms with van der Waals surface area (Å²) in [6.45, 7) is 1.53. The quantitative estimate of drug-likeness (QED) is 0.345. The summed E-state index contributed by atoms with van der Waals surface area (Å²) in [6, 6.07) is 7.52. The summed E-state index contributed by atoms with van der Waals surface area (Å²) in [5, 5.41) is 8.37. The first-order chi connectivity index (χ1) is 13.8. The molecule has 2 aromatic carbocycles. The van der Waals surface area contributed by atoms with E-state index in [2.05, 4.69) is 20.5 Å². The summed E-state index contributed by atoms with van der Waals surface area (Å²) >= 11 is 0.989. The summed E-state index contributed by atoms with van der Waals surface area (Å²) < 4.78 is 52.8. The van der Waals surface area contributed by atoms with Gasteiger partial charge in [-0.1, -0.05) is 30.0 Å². The molecule has 10 heteroatoms. The highest BCUT2D eigenvalue weighted by atomic mass is 32.2. The SMILES string of the molecule is C[C@@H](Sc1n[nH]c(/C=C/c2ccc(F)cc2)n1)C(=O)Nc1ccc(F)c(F)c1F. The molecular formula is C19H14F4N4OS. The Morgan fingerprint density at radius 2 is 1.79 bits per heavy atom. The Labute approximate surface area is 167 Å². The van der Waals surface area contributed by atoms with Crippen molar-refractivity contribution in [3.8, 4) is 0 Å². The third-order valence-electron chi connectivity index (χ3n) is 3.73. The van der Waals surface area contributed by atoms with Gasteiger partial charge in [0.05, 0.1) is 10.9 Å². The fourth-order valence-electron chi connectivity index (χ4n) is 2.20. The van der Waals surface area contributed by atoms with E-state index in [-0.39, 0.29) is 11.0 Å². The molecule has 0 bridgehead atoms. The van der Waals surface area contributed by atoms with E-state index in [0.717, 1.165) is 29.5 Å². The van der Waals surface area contributed by atoms with Crippen LogP contribution in [0, 0.1) is 23.3 Å². The third kappa shape index (κ3) is 5.23. The van der Waals surface area contributed by atoms with Crippen molar-refractivity contribution >= 4 is 35.5 Å². The van der Waals surface area contributed by atoms with Crippen LogP contribution in [0.4, 0.5) is 23.2 Å². The number of thioether (sulfide) groups is 1. The predicted octanol–water partition coefficient (Wildman–Crippen LogP) is 4.65. The summed E-state index contributed by atoms with van der Waals surface area (Å²) in [5.74, 6) is -5.03. The van der Waals surface area contributed by atoms with Crippen LogP contribution < -0.4 is 5.32 Å². The highest BCUT2D eigenvalue weighted by molar-refractivity contribution is 8.00. The molecule has 0 saturated heterocycles. The molecule has 0 saturated carbocycles. The minimum Gasteiger partial charge on any atom is -0.323 e. The van der Waals surface area contributed by atoms with Crippen molar-refractivity contribution < 1.29 is 22.4 Å². The molecule has 0 aliphatic heterocycles.